The zero-order chi connectivity index (χ0) is 26.7. The molecule has 0 unspecified atom stereocenters. The number of pyridine rings is 1. The van der Waals surface area contributed by atoms with Gasteiger partial charge in [0, 0.05) is 17.6 Å². The number of nitrogen functional groups attached to an aromatic ring is 1. The zero-order valence-corrected chi connectivity index (χ0v) is 23.2. The molecule has 5 aromatic rings. The van der Waals surface area contributed by atoms with Crippen LogP contribution in [0.3, 0.4) is 0 Å². The van der Waals surface area contributed by atoms with E-state index in [1.165, 1.54) is 0 Å². The fraction of sp³-hybridized carbons (Fsp3) is 0.219. The number of aromatic nitrogens is 2. The number of hydrogen-bond donors (Lipinski definition) is 2. The van der Waals surface area contributed by atoms with Crippen LogP contribution in [0.15, 0.2) is 95.5 Å². The molecular formula is C32H30N4OS2. The highest BCUT2D eigenvalue weighted by Gasteiger charge is 2.48. The summed E-state index contributed by atoms with van der Waals surface area (Å²) in [5, 5.41) is 3.23. The van der Waals surface area contributed by atoms with Crippen LogP contribution in [0, 0.1) is 0 Å². The van der Waals surface area contributed by atoms with Crippen molar-refractivity contribution in [2.45, 2.75) is 42.0 Å². The van der Waals surface area contributed by atoms with Crippen molar-refractivity contribution in [1.29, 1.82) is 0 Å². The largest absolute Gasteiger partial charge is 0.399 e. The Labute approximate surface area is 236 Å². The lowest BCUT2D eigenvalue weighted by Gasteiger charge is -2.31. The fourth-order valence-corrected chi connectivity index (χ4v) is 7.77. The number of unbranched alkanes of at least 4 members (excludes halogenated alkanes) is 2. The van der Waals surface area contributed by atoms with E-state index in [9.17, 15) is 4.79 Å². The quantitative estimate of drug-likeness (QED) is 0.109. The first-order chi connectivity index (χ1) is 19.1. The molecule has 6 rings (SSSR count). The van der Waals surface area contributed by atoms with Gasteiger partial charge in [0.2, 0.25) is 5.91 Å². The monoisotopic (exact) mass is 550 g/mol. The van der Waals surface area contributed by atoms with Gasteiger partial charge in [-0.2, -0.15) is 0 Å². The lowest BCUT2D eigenvalue weighted by Crippen LogP contribution is -2.44. The normalized spacial score (nSPS) is 13.2. The summed E-state index contributed by atoms with van der Waals surface area (Å²) in [5.74, 6) is 1.05. The molecule has 196 valence electrons. The Morgan fingerprint density at radius 3 is 2.38 bits per heavy atom. The van der Waals surface area contributed by atoms with E-state index in [1.807, 2.05) is 48.5 Å². The number of thiazole rings is 1. The Morgan fingerprint density at radius 2 is 1.64 bits per heavy atom. The minimum atomic E-state index is -0.706. The lowest BCUT2D eigenvalue weighted by molar-refractivity contribution is -0.125. The van der Waals surface area contributed by atoms with Crippen LogP contribution in [0.2, 0.25) is 0 Å². The second kappa shape index (κ2) is 11.2. The highest BCUT2D eigenvalue weighted by atomic mass is 32.2. The van der Waals surface area contributed by atoms with E-state index in [4.69, 9.17) is 10.7 Å². The first-order valence-corrected chi connectivity index (χ1v) is 15.1. The predicted octanol–water partition coefficient (Wildman–Crippen LogP) is 7.21. The molecule has 0 saturated heterocycles. The number of anilines is 1. The highest BCUT2D eigenvalue weighted by molar-refractivity contribution is 8.01. The maximum absolute atomic E-state index is 14.1. The number of carbonyl (C=O) groups is 1. The van der Waals surface area contributed by atoms with Crippen molar-refractivity contribution >= 4 is 44.9 Å². The molecule has 5 nitrogen and oxygen atoms in total. The fourth-order valence-electron chi connectivity index (χ4n) is 5.59. The molecule has 0 saturated carbocycles. The van der Waals surface area contributed by atoms with E-state index in [2.05, 4.69) is 46.7 Å². The van der Waals surface area contributed by atoms with Gasteiger partial charge in [-0.1, -0.05) is 79.2 Å². The first kappa shape index (κ1) is 25.6. The summed E-state index contributed by atoms with van der Waals surface area (Å²) in [6.07, 6.45) is 5.60. The lowest BCUT2D eigenvalue weighted by atomic mass is 9.73. The van der Waals surface area contributed by atoms with Gasteiger partial charge in [-0.15, -0.1) is 11.3 Å². The third-order valence-corrected chi connectivity index (χ3v) is 9.67. The summed E-state index contributed by atoms with van der Waals surface area (Å²) >= 11 is 3.50. The van der Waals surface area contributed by atoms with E-state index < -0.39 is 5.41 Å². The molecule has 0 atom stereocenters. The summed E-state index contributed by atoms with van der Waals surface area (Å²) in [7, 11) is 0. The molecule has 0 radical (unpaired) electrons. The van der Waals surface area contributed by atoms with Gasteiger partial charge in [0.05, 0.1) is 22.5 Å². The van der Waals surface area contributed by atoms with Gasteiger partial charge < -0.3 is 11.1 Å². The Kier molecular flexibility index (Phi) is 7.35. The topological polar surface area (TPSA) is 80.9 Å². The Hall–Kier alpha value is -3.68. The molecule has 3 N–H and O–H groups in total. The Balaban J connectivity index is 1.16. The number of amides is 1. The van der Waals surface area contributed by atoms with E-state index in [0.717, 1.165) is 79.6 Å². The number of carbonyl (C=O) groups excluding carboxylic acids is 1. The summed E-state index contributed by atoms with van der Waals surface area (Å²) in [6, 6.07) is 28.4. The van der Waals surface area contributed by atoms with Crippen LogP contribution in [-0.2, 0) is 16.8 Å². The van der Waals surface area contributed by atoms with Gasteiger partial charge >= 0.3 is 0 Å². The third kappa shape index (κ3) is 5.04. The molecule has 0 spiro atoms. The number of nitrogens with one attached hydrogen (secondary N) is 1. The van der Waals surface area contributed by atoms with Crippen molar-refractivity contribution in [3.05, 3.63) is 108 Å². The van der Waals surface area contributed by atoms with Crippen LogP contribution in [0.25, 0.3) is 21.3 Å². The number of thioether (sulfide) groups is 1. The highest BCUT2D eigenvalue weighted by Crippen LogP contribution is 2.51. The maximum atomic E-state index is 14.1. The van der Waals surface area contributed by atoms with Crippen LogP contribution in [0.5, 0.6) is 0 Å². The number of nitrogens with two attached hydrogens (primary N) is 1. The van der Waals surface area contributed by atoms with Crippen LogP contribution in [0.1, 0.15) is 42.5 Å². The molecule has 1 amide bonds. The number of rotatable bonds is 10. The van der Waals surface area contributed by atoms with Crippen molar-refractivity contribution in [3.8, 4) is 11.1 Å². The number of fused-ring (bicyclic) bond motifs is 4. The van der Waals surface area contributed by atoms with Crippen molar-refractivity contribution in [2.24, 2.45) is 0 Å². The summed E-state index contributed by atoms with van der Waals surface area (Å²) in [6.45, 7) is 0.413. The molecule has 1 aliphatic carbocycles. The average Bonchev–Trinajstić information content (AvgIpc) is 3.51. The van der Waals surface area contributed by atoms with Crippen molar-refractivity contribution in [1.82, 2.24) is 15.3 Å². The predicted molar refractivity (Wildman–Crippen MR) is 162 cm³/mol. The van der Waals surface area contributed by atoms with Crippen molar-refractivity contribution in [3.63, 3.8) is 0 Å². The van der Waals surface area contributed by atoms with Gasteiger partial charge in [0.15, 0.2) is 4.34 Å². The van der Waals surface area contributed by atoms with Crippen molar-refractivity contribution < 1.29 is 4.79 Å². The molecule has 0 bridgehead atoms. The van der Waals surface area contributed by atoms with Gasteiger partial charge in [-0.25, -0.2) is 4.98 Å². The van der Waals surface area contributed by atoms with Crippen LogP contribution < -0.4 is 11.1 Å². The second-order valence-corrected chi connectivity index (χ2v) is 12.2. The zero-order valence-electron chi connectivity index (χ0n) is 21.6. The molecule has 3 aromatic carbocycles. The molecule has 7 heteroatoms. The minimum Gasteiger partial charge on any atom is -0.399 e. The van der Waals surface area contributed by atoms with E-state index in [0.29, 0.717) is 6.54 Å². The standard InChI is InChI=1S/C32H30N4OS2/c33-22-15-16-28-29(20-22)39-31(36-28)38-19-9-1-7-17-32(30(37)35-21-23-10-6-8-18-34-23)26-13-4-2-11-24(26)25-12-3-5-14-27(25)32/h2-6,8,10-16,18,20H,1,7,9,17,19,21,33H2,(H,35,37). The summed E-state index contributed by atoms with van der Waals surface area (Å²) in [4.78, 5) is 23.3. The van der Waals surface area contributed by atoms with Gasteiger partial charge in [-0.3, -0.25) is 9.78 Å². The van der Waals surface area contributed by atoms with Crippen molar-refractivity contribution in [2.75, 3.05) is 11.5 Å². The third-order valence-electron chi connectivity index (χ3n) is 7.42. The van der Waals surface area contributed by atoms with E-state index in [-0.39, 0.29) is 5.91 Å². The van der Waals surface area contributed by atoms with Gasteiger partial charge in [-0.05, 0) is 65.4 Å². The molecule has 0 aliphatic heterocycles. The van der Waals surface area contributed by atoms with Gasteiger partial charge in [0.1, 0.15) is 5.41 Å². The SMILES string of the molecule is Nc1ccc2nc(SCCCCCC3(C(=O)NCc4ccccn4)c4ccccc4-c4ccccc43)sc2c1. The molecule has 2 heterocycles. The second-order valence-electron chi connectivity index (χ2n) is 9.87. The molecule has 1 aliphatic rings. The smallest absolute Gasteiger partial charge is 0.235 e. The number of benzene rings is 3. The Morgan fingerprint density at radius 1 is 0.897 bits per heavy atom. The average molecular weight is 551 g/mol. The number of nitrogens with zero attached hydrogens (tertiary/aromatic N) is 2. The van der Waals surface area contributed by atoms with E-state index >= 15 is 0 Å². The molecular weight excluding hydrogens is 521 g/mol. The van der Waals surface area contributed by atoms with Gasteiger partial charge in [0.25, 0.3) is 0 Å². The molecule has 39 heavy (non-hydrogen) atoms. The van der Waals surface area contributed by atoms with Crippen LogP contribution in [-0.4, -0.2) is 21.6 Å². The van der Waals surface area contributed by atoms with Crippen LogP contribution in [0.4, 0.5) is 5.69 Å². The summed E-state index contributed by atoms with van der Waals surface area (Å²) in [5.41, 5.74) is 12.4. The van der Waals surface area contributed by atoms with E-state index in [1.54, 1.807) is 29.3 Å². The molecule has 2 aromatic heterocycles. The summed E-state index contributed by atoms with van der Waals surface area (Å²) < 4.78 is 2.22. The minimum absolute atomic E-state index is 0.0497. The first-order valence-electron chi connectivity index (χ1n) is 13.3. The maximum Gasteiger partial charge on any atom is 0.235 e. The number of hydrogen-bond acceptors (Lipinski definition) is 6. The Bertz CT molecular complexity index is 1570. The molecule has 0 fully saturated rings. The van der Waals surface area contributed by atoms with Crippen LogP contribution >= 0.6 is 23.1 Å².